The molecule has 0 N–H and O–H groups in total. The molecule has 0 amide bonds. The van der Waals surface area contributed by atoms with Gasteiger partial charge in [0.25, 0.3) is 0 Å². The molecule has 0 heterocycles. The van der Waals surface area contributed by atoms with Crippen molar-refractivity contribution in [3.8, 4) is 11.5 Å². The van der Waals surface area contributed by atoms with Gasteiger partial charge in [-0.15, -0.1) is 0 Å². The third-order valence-electron chi connectivity index (χ3n) is 4.27. The van der Waals surface area contributed by atoms with Crippen LogP contribution >= 0.6 is 15.9 Å². The van der Waals surface area contributed by atoms with Gasteiger partial charge in [-0.2, -0.15) is 0 Å². The summed E-state index contributed by atoms with van der Waals surface area (Å²) in [6, 6.07) is 11.4. The summed E-state index contributed by atoms with van der Waals surface area (Å²) in [5.74, 6) is 0.447. The first kappa shape index (κ1) is 23.9. The van der Waals surface area contributed by atoms with Gasteiger partial charge in [-0.05, 0) is 70.7 Å². The lowest BCUT2D eigenvalue weighted by atomic mass is 10.2. The van der Waals surface area contributed by atoms with Gasteiger partial charge in [0.2, 0.25) is 0 Å². The summed E-state index contributed by atoms with van der Waals surface area (Å²) in [5, 5.41) is 0. The Hall–Kier alpha value is -2.34. The highest BCUT2D eigenvalue weighted by atomic mass is 79.9. The highest BCUT2D eigenvalue weighted by Gasteiger charge is 2.13. The number of ether oxygens (including phenoxy) is 3. The normalized spacial score (nSPS) is 10.7. The number of carbonyl (C=O) groups is 2. The van der Waals surface area contributed by atoms with Crippen molar-refractivity contribution in [2.24, 2.45) is 5.92 Å². The minimum Gasteiger partial charge on any atom is -0.492 e. The zero-order chi connectivity index (χ0) is 21.9. The van der Waals surface area contributed by atoms with Crippen LogP contribution in [0.25, 0.3) is 0 Å². The first-order valence-electron chi connectivity index (χ1n) is 10.3. The van der Waals surface area contributed by atoms with Gasteiger partial charge < -0.3 is 14.2 Å². The molecule has 5 nitrogen and oxygen atoms in total. The van der Waals surface area contributed by atoms with E-state index < -0.39 is 11.9 Å². The van der Waals surface area contributed by atoms with Gasteiger partial charge in [-0.25, -0.2) is 9.59 Å². The fraction of sp³-hybridized carbons (Fsp3) is 0.417. The van der Waals surface area contributed by atoms with Gasteiger partial charge in [0.15, 0.2) is 0 Å². The van der Waals surface area contributed by atoms with E-state index in [2.05, 4.69) is 22.9 Å². The summed E-state index contributed by atoms with van der Waals surface area (Å²) in [5.41, 5.74) is 0.819. The third kappa shape index (κ3) is 7.82. The predicted molar refractivity (Wildman–Crippen MR) is 120 cm³/mol. The van der Waals surface area contributed by atoms with E-state index in [1.807, 2.05) is 13.8 Å². The molecule has 0 aliphatic rings. The maximum Gasteiger partial charge on any atom is 0.343 e. The summed E-state index contributed by atoms with van der Waals surface area (Å²) >= 11 is 3.45. The number of unbranched alkanes of at least 4 members (excludes halogenated alkanes) is 3. The molecule has 0 radical (unpaired) electrons. The molecule has 0 bridgehead atoms. The average molecular weight is 477 g/mol. The van der Waals surface area contributed by atoms with Crippen molar-refractivity contribution >= 4 is 27.9 Å². The summed E-state index contributed by atoms with van der Waals surface area (Å²) in [7, 11) is 0. The first-order valence-corrected chi connectivity index (χ1v) is 11.1. The molecular weight excluding hydrogens is 448 g/mol. The van der Waals surface area contributed by atoms with Crippen LogP contribution in [0.1, 0.15) is 67.2 Å². The van der Waals surface area contributed by atoms with Gasteiger partial charge in [0.05, 0.1) is 28.8 Å². The van der Waals surface area contributed by atoms with Crippen molar-refractivity contribution in [3.05, 3.63) is 58.1 Å². The van der Waals surface area contributed by atoms with Crippen molar-refractivity contribution in [1.29, 1.82) is 0 Å². The van der Waals surface area contributed by atoms with E-state index in [1.54, 1.807) is 42.5 Å². The highest BCUT2D eigenvalue weighted by molar-refractivity contribution is 9.10. The van der Waals surface area contributed by atoms with Crippen LogP contribution in [0, 0.1) is 5.92 Å². The molecule has 0 aromatic heterocycles. The van der Waals surface area contributed by atoms with Crippen LogP contribution in [0.4, 0.5) is 0 Å². The molecule has 0 saturated carbocycles. The lowest BCUT2D eigenvalue weighted by Crippen LogP contribution is -2.11. The Morgan fingerprint density at radius 3 is 2.27 bits per heavy atom. The van der Waals surface area contributed by atoms with Crippen molar-refractivity contribution in [1.82, 2.24) is 0 Å². The topological polar surface area (TPSA) is 61.8 Å². The Balaban J connectivity index is 1.91. The van der Waals surface area contributed by atoms with E-state index in [1.165, 1.54) is 12.8 Å². The number of hydrogen-bond acceptors (Lipinski definition) is 5. The van der Waals surface area contributed by atoms with Crippen molar-refractivity contribution < 1.29 is 23.8 Å². The largest absolute Gasteiger partial charge is 0.492 e. The molecule has 0 aliphatic heterocycles. The molecule has 0 atom stereocenters. The number of benzene rings is 2. The quantitative estimate of drug-likeness (QED) is 0.212. The van der Waals surface area contributed by atoms with Crippen LogP contribution in [0.2, 0.25) is 0 Å². The second kappa shape index (κ2) is 12.4. The maximum atomic E-state index is 12.4. The Kier molecular flexibility index (Phi) is 9.87. The Bertz CT molecular complexity index is 830. The molecule has 30 heavy (non-hydrogen) atoms. The molecule has 0 unspecified atom stereocenters. The van der Waals surface area contributed by atoms with Crippen LogP contribution in [-0.2, 0) is 4.74 Å². The second-order valence-corrected chi connectivity index (χ2v) is 8.31. The molecular formula is C24H29BrO5. The van der Waals surface area contributed by atoms with Crippen molar-refractivity contribution in [2.45, 2.75) is 46.5 Å². The fourth-order valence-electron chi connectivity index (χ4n) is 2.61. The highest BCUT2D eigenvalue weighted by Crippen LogP contribution is 2.27. The minimum absolute atomic E-state index is 0.270. The van der Waals surface area contributed by atoms with E-state index in [9.17, 15) is 9.59 Å². The second-order valence-electron chi connectivity index (χ2n) is 7.46. The van der Waals surface area contributed by atoms with Crippen LogP contribution in [-0.4, -0.2) is 25.2 Å². The van der Waals surface area contributed by atoms with E-state index in [0.29, 0.717) is 40.3 Å². The Labute approximate surface area is 186 Å². The number of esters is 2. The molecule has 0 aliphatic carbocycles. The average Bonchev–Trinajstić information content (AvgIpc) is 2.73. The Morgan fingerprint density at radius 2 is 1.63 bits per heavy atom. The van der Waals surface area contributed by atoms with Gasteiger partial charge >= 0.3 is 11.9 Å². The lowest BCUT2D eigenvalue weighted by molar-refractivity contribution is 0.0459. The minimum atomic E-state index is -0.486. The standard InChI is InChI=1S/C24H29BrO5/c1-4-5-6-7-14-28-22-13-10-19(15-21(22)25)24(27)30-20-11-8-18(9-12-20)23(26)29-16-17(2)3/h8-13,15,17H,4-7,14,16H2,1-3H3. The maximum absolute atomic E-state index is 12.4. The van der Waals surface area contributed by atoms with E-state index >= 15 is 0 Å². The van der Waals surface area contributed by atoms with Gasteiger partial charge in [0.1, 0.15) is 11.5 Å². The number of halogens is 1. The summed E-state index contributed by atoms with van der Waals surface area (Å²) < 4.78 is 17.1. The zero-order valence-corrected chi connectivity index (χ0v) is 19.4. The summed E-state index contributed by atoms with van der Waals surface area (Å²) in [4.78, 5) is 24.4. The fourth-order valence-corrected chi connectivity index (χ4v) is 3.10. The van der Waals surface area contributed by atoms with Crippen LogP contribution in [0.3, 0.4) is 0 Å². The SMILES string of the molecule is CCCCCCOc1ccc(C(=O)Oc2ccc(C(=O)OCC(C)C)cc2)cc1Br. The predicted octanol–water partition coefficient (Wildman–Crippen LogP) is 6.44. The van der Waals surface area contributed by atoms with E-state index in [4.69, 9.17) is 14.2 Å². The van der Waals surface area contributed by atoms with Crippen molar-refractivity contribution in [3.63, 3.8) is 0 Å². The first-order chi connectivity index (χ1) is 14.4. The molecule has 2 rings (SSSR count). The molecule has 162 valence electrons. The van der Waals surface area contributed by atoms with E-state index in [-0.39, 0.29) is 5.92 Å². The lowest BCUT2D eigenvalue weighted by Gasteiger charge is -2.10. The molecule has 0 spiro atoms. The molecule has 2 aromatic carbocycles. The molecule has 0 saturated heterocycles. The van der Waals surface area contributed by atoms with Gasteiger partial charge in [0, 0.05) is 0 Å². The number of carbonyl (C=O) groups excluding carboxylic acids is 2. The summed E-state index contributed by atoms with van der Waals surface area (Å²) in [6.07, 6.45) is 4.54. The van der Waals surface area contributed by atoms with Crippen LogP contribution in [0.5, 0.6) is 11.5 Å². The van der Waals surface area contributed by atoms with E-state index in [0.717, 1.165) is 12.8 Å². The zero-order valence-electron chi connectivity index (χ0n) is 17.8. The van der Waals surface area contributed by atoms with Crippen LogP contribution in [0.15, 0.2) is 46.9 Å². The monoisotopic (exact) mass is 476 g/mol. The molecule has 6 heteroatoms. The molecule has 0 fully saturated rings. The van der Waals surface area contributed by atoms with Gasteiger partial charge in [-0.1, -0.05) is 40.0 Å². The Morgan fingerprint density at radius 1 is 0.933 bits per heavy atom. The third-order valence-corrected chi connectivity index (χ3v) is 4.89. The van der Waals surface area contributed by atoms with Crippen molar-refractivity contribution in [2.75, 3.05) is 13.2 Å². The summed E-state index contributed by atoms with van der Waals surface area (Å²) in [6.45, 7) is 7.13. The van der Waals surface area contributed by atoms with Crippen LogP contribution < -0.4 is 9.47 Å². The number of hydrogen-bond donors (Lipinski definition) is 0. The smallest absolute Gasteiger partial charge is 0.343 e. The molecule has 2 aromatic rings. The van der Waals surface area contributed by atoms with Gasteiger partial charge in [-0.3, -0.25) is 0 Å². The number of rotatable bonds is 11.